The van der Waals surface area contributed by atoms with Gasteiger partial charge < -0.3 is 14.5 Å². The smallest absolute Gasteiger partial charge is 0.135 e. The summed E-state index contributed by atoms with van der Waals surface area (Å²) in [5.74, 6) is 0.584. The maximum atomic E-state index is 9.65. The van der Waals surface area contributed by atoms with Crippen LogP contribution in [0.2, 0.25) is 0 Å². The standard InChI is InChI=1S/C9H10N2O2/c12-8(9-10-2-3-11-9)5-7-1-4-13-6-7/h1-4,6,8,12H,5H2,(H,10,11). The van der Waals surface area contributed by atoms with Crippen molar-refractivity contribution < 1.29 is 9.52 Å². The highest BCUT2D eigenvalue weighted by atomic mass is 16.3. The lowest BCUT2D eigenvalue weighted by Crippen LogP contribution is -2.02. The summed E-state index contributed by atoms with van der Waals surface area (Å²) in [5.41, 5.74) is 0.962. The number of imidazole rings is 1. The fourth-order valence-corrected chi connectivity index (χ4v) is 1.19. The molecular formula is C9H10N2O2. The first-order chi connectivity index (χ1) is 6.36. The number of rotatable bonds is 3. The molecule has 2 aromatic heterocycles. The summed E-state index contributed by atoms with van der Waals surface area (Å²) in [5, 5.41) is 9.65. The SMILES string of the molecule is OC(Cc1ccoc1)c1ncc[nH]1. The average Bonchev–Trinajstić information content (AvgIpc) is 2.74. The van der Waals surface area contributed by atoms with Gasteiger partial charge in [-0.3, -0.25) is 0 Å². The summed E-state index contributed by atoms with van der Waals surface area (Å²) in [6, 6.07) is 1.83. The Morgan fingerprint density at radius 2 is 2.54 bits per heavy atom. The van der Waals surface area contributed by atoms with E-state index in [9.17, 15) is 5.11 Å². The molecule has 0 spiro atoms. The zero-order valence-electron chi connectivity index (χ0n) is 6.97. The van der Waals surface area contributed by atoms with Crippen LogP contribution >= 0.6 is 0 Å². The van der Waals surface area contributed by atoms with Crippen molar-refractivity contribution in [3.05, 3.63) is 42.4 Å². The number of hydrogen-bond donors (Lipinski definition) is 2. The Kier molecular flexibility index (Phi) is 2.14. The molecule has 0 bridgehead atoms. The van der Waals surface area contributed by atoms with E-state index >= 15 is 0 Å². The normalized spacial score (nSPS) is 13.0. The van der Waals surface area contributed by atoms with Crippen LogP contribution < -0.4 is 0 Å². The van der Waals surface area contributed by atoms with E-state index in [0.717, 1.165) is 5.56 Å². The van der Waals surface area contributed by atoms with E-state index in [1.54, 1.807) is 24.9 Å². The second-order valence-electron chi connectivity index (χ2n) is 2.83. The van der Waals surface area contributed by atoms with Gasteiger partial charge in [0.25, 0.3) is 0 Å². The van der Waals surface area contributed by atoms with Crippen LogP contribution in [0.15, 0.2) is 35.4 Å². The number of aliphatic hydroxyl groups is 1. The molecule has 68 valence electrons. The largest absolute Gasteiger partial charge is 0.472 e. The molecule has 2 N–H and O–H groups in total. The quantitative estimate of drug-likeness (QED) is 0.744. The lowest BCUT2D eigenvalue weighted by Gasteiger charge is -2.04. The van der Waals surface area contributed by atoms with Gasteiger partial charge in [0.15, 0.2) is 0 Å². The van der Waals surface area contributed by atoms with E-state index in [1.807, 2.05) is 6.07 Å². The number of hydrogen-bond acceptors (Lipinski definition) is 3. The van der Waals surface area contributed by atoms with Crippen LogP contribution in [0.4, 0.5) is 0 Å². The molecular weight excluding hydrogens is 168 g/mol. The van der Waals surface area contributed by atoms with Gasteiger partial charge in [0, 0.05) is 18.8 Å². The maximum absolute atomic E-state index is 9.65. The molecule has 1 atom stereocenters. The van der Waals surface area contributed by atoms with Gasteiger partial charge in [-0.1, -0.05) is 0 Å². The number of furan rings is 1. The minimum Gasteiger partial charge on any atom is -0.472 e. The predicted octanol–water partition coefficient (Wildman–Crippen LogP) is 1.28. The van der Waals surface area contributed by atoms with Crippen LogP contribution in [-0.4, -0.2) is 15.1 Å². The van der Waals surface area contributed by atoms with Crippen molar-refractivity contribution in [1.82, 2.24) is 9.97 Å². The maximum Gasteiger partial charge on any atom is 0.135 e. The molecule has 0 aliphatic rings. The van der Waals surface area contributed by atoms with Crippen molar-refractivity contribution >= 4 is 0 Å². The van der Waals surface area contributed by atoms with E-state index in [1.165, 1.54) is 0 Å². The summed E-state index contributed by atoms with van der Waals surface area (Å²) in [7, 11) is 0. The van der Waals surface area contributed by atoms with Crippen LogP contribution in [-0.2, 0) is 6.42 Å². The number of aromatic amines is 1. The monoisotopic (exact) mass is 178 g/mol. The van der Waals surface area contributed by atoms with Crippen molar-refractivity contribution in [2.45, 2.75) is 12.5 Å². The molecule has 0 aromatic carbocycles. The Hall–Kier alpha value is -1.55. The highest BCUT2D eigenvalue weighted by Crippen LogP contribution is 2.14. The van der Waals surface area contributed by atoms with E-state index < -0.39 is 6.10 Å². The molecule has 0 aliphatic heterocycles. The number of H-pyrrole nitrogens is 1. The third-order valence-electron chi connectivity index (χ3n) is 1.84. The molecule has 0 fully saturated rings. The molecule has 0 aliphatic carbocycles. The van der Waals surface area contributed by atoms with Gasteiger partial charge in [-0.25, -0.2) is 4.98 Å². The molecule has 13 heavy (non-hydrogen) atoms. The first-order valence-corrected chi connectivity index (χ1v) is 4.04. The number of aliphatic hydroxyl groups excluding tert-OH is 1. The number of aromatic nitrogens is 2. The van der Waals surface area contributed by atoms with Crippen molar-refractivity contribution in [2.75, 3.05) is 0 Å². The van der Waals surface area contributed by atoms with Crippen LogP contribution in [0.25, 0.3) is 0 Å². The lowest BCUT2D eigenvalue weighted by molar-refractivity contribution is 0.169. The zero-order valence-corrected chi connectivity index (χ0v) is 6.97. The molecule has 2 rings (SSSR count). The first-order valence-electron chi connectivity index (χ1n) is 4.04. The molecule has 1 unspecified atom stereocenters. The van der Waals surface area contributed by atoms with Crippen molar-refractivity contribution in [3.63, 3.8) is 0 Å². The third-order valence-corrected chi connectivity index (χ3v) is 1.84. The fourth-order valence-electron chi connectivity index (χ4n) is 1.19. The lowest BCUT2D eigenvalue weighted by atomic mass is 10.1. The molecule has 0 radical (unpaired) electrons. The van der Waals surface area contributed by atoms with Gasteiger partial charge in [0.1, 0.15) is 11.9 Å². The molecule has 0 amide bonds. The molecule has 4 heteroatoms. The molecule has 4 nitrogen and oxygen atoms in total. The van der Waals surface area contributed by atoms with Crippen LogP contribution in [0.1, 0.15) is 17.5 Å². The minimum atomic E-state index is -0.590. The van der Waals surface area contributed by atoms with Gasteiger partial charge in [-0.05, 0) is 11.6 Å². The van der Waals surface area contributed by atoms with E-state index in [2.05, 4.69) is 9.97 Å². The van der Waals surface area contributed by atoms with Gasteiger partial charge in [0.05, 0.1) is 12.5 Å². The predicted molar refractivity (Wildman–Crippen MR) is 46.0 cm³/mol. The highest BCUT2D eigenvalue weighted by molar-refractivity contribution is 5.09. The molecule has 2 heterocycles. The molecule has 0 saturated heterocycles. The van der Waals surface area contributed by atoms with Crippen molar-refractivity contribution in [3.8, 4) is 0 Å². The zero-order chi connectivity index (χ0) is 9.10. The van der Waals surface area contributed by atoms with Crippen LogP contribution in [0.3, 0.4) is 0 Å². The van der Waals surface area contributed by atoms with Crippen LogP contribution in [0, 0.1) is 0 Å². The van der Waals surface area contributed by atoms with Crippen LogP contribution in [0.5, 0.6) is 0 Å². The van der Waals surface area contributed by atoms with Gasteiger partial charge in [0.2, 0.25) is 0 Å². The molecule has 2 aromatic rings. The van der Waals surface area contributed by atoms with Gasteiger partial charge in [-0.2, -0.15) is 0 Å². The van der Waals surface area contributed by atoms with E-state index in [-0.39, 0.29) is 0 Å². The molecule has 0 saturated carbocycles. The summed E-state index contributed by atoms with van der Waals surface area (Å²) in [4.78, 5) is 6.82. The van der Waals surface area contributed by atoms with Crippen molar-refractivity contribution in [2.24, 2.45) is 0 Å². The Labute approximate surface area is 75.2 Å². The van der Waals surface area contributed by atoms with E-state index in [0.29, 0.717) is 12.2 Å². The van der Waals surface area contributed by atoms with Gasteiger partial charge in [-0.15, -0.1) is 0 Å². The Bertz CT molecular complexity index is 340. The first kappa shape index (κ1) is 8.07. The summed E-state index contributed by atoms with van der Waals surface area (Å²) < 4.78 is 4.89. The van der Waals surface area contributed by atoms with Crippen molar-refractivity contribution in [1.29, 1.82) is 0 Å². The minimum absolute atomic E-state index is 0.518. The topological polar surface area (TPSA) is 62.1 Å². The summed E-state index contributed by atoms with van der Waals surface area (Å²) >= 11 is 0. The Morgan fingerprint density at radius 3 is 3.15 bits per heavy atom. The second-order valence-corrected chi connectivity index (χ2v) is 2.83. The number of nitrogens with zero attached hydrogens (tertiary/aromatic N) is 1. The number of nitrogens with one attached hydrogen (secondary N) is 1. The average molecular weight is 178 g/mol. The highest BCUT2D eigenvalue weighted by Gasteiger charge is 2.10. The summed E-state index contributed by atoms with van der Waals surface area (Å²) in [6.45, 7) is 0. The van der Waals surface area contributed by atoms with Gasteiger partial charge >= 0.3 is 0 Å². The third kappa shape index (κ3) is 1.78. The second kappa shape index (κ2) is 3.45. The Balaban J connectivity index is 2.04. The summed E-state index contributed by atoms with van der Waals surface area (Å²) in [6.07, 6.45) is 6.44. The Morgan fingerprint density at radius 1 is 1.62 bits per heavy atom. The fraction of sp³-hybridized carbons (Fsp3) is 0.222. The van der Waals surface area contributed by atoms with E-state index in [4.69, 9.17) is 4.42 Å².